The molecule has 1 amide bonds. The minimum atomic E-state index is -0.864. The lowest BCUT2D eigenvalue weighted by molar-refractivity contribution is -0.149. The van der Waals surface area contributed by atoms with Gasteiger partial charge in [0, 0.05) is 6.42 Å². The van der Waals surface area contributed by atoms with Gasteiger partial charge >= 0.3 is 12.1 Å². The van der Waals surface area contributed by atoms with Crippen molar-refractivity contribution in [1.82, 2.24) is 4.90 Å². The Bertz CT molecular complexity index is 792. The summed E-state index contributed by atoms with van der Waals surface area (Å²) in [5, 5.41) is 9.92. The molecule has 7 nitrogen and oxygen atoms in total. The van der Waals surface area contributed by atoms with E-state index in [0.29, 0.717) is 5.75 Å². The van der Waals surface area contributed by atoms with Crippen LogP contribution in [0.3, 0.4) is 0 Å². The van der Waals surface area contributed by atoms with Gasteiger partial charge in [0.2, 0.25) is 0 Å². The highest BCUT2D eigenvalue weighted by Gasteiger charge is 2.40. The third kappa shape index (κ3) is 5.01. The minimum absolute atomic E-state index is 0.0376. The van der Waals surface area contributed by atoms with Crippen molar-refractivity contribution >= 4 is 12.1 Å². The van der Waals surface area contributed by atoms with Crippen LogP contribution in [-0.4, -0.2) is 47.9 Å². The molecule has 2 atom stereocenters. The number of benzene rings is 2. The predicted molar refractivity (Wildman–Crippen MR) is 101 cm³/mol. The highest BCUT2D eigenvalue weighted by atomic mass is 16.6. The van der Waals surface area contributed by atoms with Gasteiger partial charge in [0.25, 0.3) is 0 Å². The topological polar surface area (TPSA) is 85.3 Å². The molecule has 7 heteroatoms. The molecule has 0 saturated carbocycles. The first kappa shape index (κ1) is 19.7. The molecule has 148 valence electrons. The molecule has 3 rings (SSSR count). The van der Waals surface area contributed by atoms with E-state index in [1.807, 2.05) is 30.3 Å². The number of hydrogen-bond acceptors (Lipinski definition) is 6. The van der Waals surface area contributed by atoms with Crippen LogP contribution in [0, 0.1) is 0 Å². The Balaban J connectivity index is 1.55. The summed E-state index contributed by atoms with van der Waals surface area (Å²) in [6.07, 6.45) is -1.31. The number of aliphatic hydroxyl groups excluding tert-OH is 1. The maximum absolute atomic E-state index is 12.5. The number of β-amino-alcohol motifs (C(OH)–C–C–N with tert-alkyl or cyclic N) is 1. The van der Waals surface area contributed by atoms with Crippen molar-refractivity contribution in [2.45, 2.75) is 31.8 Å². The van der Waals surface area contributed by atoms with Crippen LogP contribution in [0.15, 0.2) is 54.6 Å². The largest absolute Gasteiger partial charge is 0.497 e. The number of rotatable bonds is 6. The van der Waals surface area contributed by atoms with E-state index in [9.17, 15) is 14.7 Å². The van der Waals surface area contributed by atoms with Crippen molar-refractivity contribution in [2.24, 2.45) is 0 Å². The number of carbonyl (C=O) groups is 2. The molecule has 1 unspecified atom stereocenters. The van der Waals surface area contributed by atoms with Gasteiger partial charge in [-0.05, 0) is 23.3 Å². The van der Waals surface area contributed by atoms with Crippen LogP contribution in [-0.2, 0) is 27.5 Å². The molecule has 1 heterocycles. The summed E-state index contributed by atoms with van der Waals surface area (Å²) in [6, 6.07) is 15.5. The van der Waals surface area contributed by atoms with Crippen molar-refractivity contribution in [3.63, 3.8) is 0 Å². The summed E-state index contributed by atoms with van der Waals surface area (Å²) in [4.78, 5) is 26.1. The zero-order valence-corrected chi connectivity index (χ0v) is 15.6. The fourth-order valence-corrected chi connectivity index (χ4v) is 3.01. The van der Waals surface area contributed by atoms with Gasteiger partial charge in [-0.1, -0.05) is 42.5 Å². The SMILES string of the molecule is COc1ccc(COC(=O)[C@@H]2CC(O)CN2C(=O)OCc2ccccc2)cc1. The summed E-state index contributed by atoms with van der Waals surface area (Å²) >= 11 is 0. The first-order valence-corrected chi connectivity index (χ1v) is 9.02. The summed E-state index contributed by atoms with van der Waals surface area (Å²) < 4.78 is 15.7. The molecule has 1 fully saturated rings. The Hall–Kier alpha value is -3.06. The number of esters is 1. The summed E-state index contributed by atoms with van der Waals surface area (Å²) in [7, 11) is 1.58. The van der Waals surface area contributed by atoms with Gasteiger partial charge in [0.05, 0.1) is 19.8 Å². The van der Waals surface area contributed by atoms with Crippen molar-refractivity contribution in [3.05, 3.63) is 65.7 Å². The summed E-state index contributed by atoms with van der Waals surface area (Å²) in [5.41, 5.74) is 1.64. The van der Waals surface area contributed by atoms with Gasteiger partial charge in [-0.3, -0.25) is 4.90 Å². The Morgan fingerprint density at radius 3 is 2.32 bits per heavy atom. The Kier molecular flexibility index (Phi) is 6.49. The van der Waals surface area contributed by atoms with E-state index in [-0.39, 0.29) is 26.2 Å². The molecule has 0 spiro atoms. The van der Waals surface area contributed by atoms with Crippen LogP contribution >= 0.6 is 0 Å². The maximum atomic E-state index is 12.5. The molecule has 1 aliphatic heterocycles. The van der Waals surface area contributed by atoms with E-state index in [2.05, 4.69) is 0 Å². The average molecular weight is 385 g/mol. The molecule has 28 heavy (non-hydrogen) atoms. The predicted octanol–water partition coefficient (Wildman–Crippen LogP) is 2.51. The molecule has 1 aliphatic rings. The highest BCUT2D eigenvalue weighted by Crippen LogP contribution is 2.21. The molecular formula is C21H23NO6. The average Bonchev–Trinajstić information content (AvgIpc) is 3.13. The van der Waals surface area contributed by atoms with Crippen LogP contribution in [0.1, 0.15) is 17.5 Å². The number of carbonyl (C=O) groups excluding carboxylic acids is 2. The van der Waals surface area contributed by atoms with E-state index < -0.39 is 24.2 Å². The van der Waals surface area contributed by atoms with Gasteiger partial charge < -0.3 is 19.3 Å². The molecule has 1 saturated heterocycles. The molecule has 2 aromatic carbocycles. The van der Waals surface area contributed by atoms with E-state index in [1.165, 1.54) is 4.90 Å². The van der Waals surface area contributed by atoms with E-state index in [4.69, 9.17) is 14.2 Å². The standard InChI is InChI=1S/C21H23NO6/c1-26-18-9-7-16(8-10-18)13-27-20(24)19-11-17(23)12-22(19)21(25)28-14-15-5-3-2-4-6-15/h2-10,17,19,23H,11-14H2,1H3/t17?,19-/m0/s1. The number of nitrogens with zero attached hydrogens (tertiary/aromatic N) is 1. The van der Waals surface area contributed by atoms with Crippen molar-refractivity contribution in [2.75, 3.05) is 13.7 Å². The molecule has 0 radical (unpaired) electrons. The van der Waals surface area contributed by atoms with E-state index in [1.54, 1.807) is 31.4 Å². The monoisotopic (exact) mass is 385 g/mol. The lowest BCUT2D eigenvalue weighted by Crippen LogP contribution is -2.41. The van der Waals surface area contributed by atoms with Gasteiger partial charge in [0.1, 0.15) is 25.0 Å². The van der Waals surface area contributed by atoms with Crippen LogP contribution in [0.2, 0.25) is 0 Å². The molecule has 2 aromatic rings. The lowest BCUT2D eigenvalue weighted by Gasteiger charge is -2.22. The second-order valence-electron chi connectivity index (χ2n) is 6.55. The first-order chi connectivity index (χ1) is 13.6. The first-order valence-electron chi connectivity index (χ1n) is 9.02. The van der Waals surface area contributed by atoms with Crippen LogP contribution in [0.4, 0.5) is 4.79 Å². The second-order valence-corrected chi connectivity index (χ2v) is 6.55. The van der Waals surface area contributed by atoms with Gasteiger partial charge in [-0.15, -0.1) is 0 Å². The van der Waals surface area contributed by atoms with Crippen molar-refractivity contribution in [1.29, 1.82) is 0 Å². The van der Waals surface area contributed by atoms with Gasteiger partial charge in [-0.2, -0.15) is 0 Å². The fraction of sp³-hybridized carbons (Fsp3) is 0.333. The number of ether oxygens (including phenoxy) is 3. The zero-order chi connectivity index (χ0) is 19.9. The molecule has 1 N–H and O–H groups in total. The quantitative estimate of drug-likeness (QED) is 0.769. The highest BCUT2D eigenvalue weighted by molar-refractivity contribution is 5.82. The molecule has 0 aliphatic carbocycles. The Morgan fingerprint density at radius 1 is 1.00 bits per heavy atom. The van der Waals surface area contributed by atoms with Crippen LogP contribution < -0.4 is 4.74 Å². The summed E-state index contributed by atoms with van der Waals surface area (Å²) in [6.45, 7) is 0.206. The lowest BCUT2D eigenvalue weighted by atomic mass is 10.2. The summed E-state index contributed by atoms with van der Waals surface area (Å²) in [5.74, 6) is 0.144. The fourth-order valence-electron chi connectivity index (χ4n) is 3.01. The zero-order valence-electron chi connectivity index (χ0n) is 15.6. The number of hydrogen-bond donors (Lipinski definition) is 1. The Morgan fingerprint density at radius 2 is 1.64 bits per heavy atom. The Labute approximate surface area is 163 Å². The van der Waals surface area contributed by atoms with Gasteiger partial charge in [0.15, 0.2) is 0 Å². The number of aliphatic hydroxyl groups is 1. The number of amides is 1. The van der Waals surface area contributed by atoms with E-state index in [0.717, 1.165) is 11.1 Å². The number of methoxy groups -OCH3 is 1. The molecule has 0 aromatic heterocycles. The number of likely N-dealkylation sites (tertiary alicyclic amines) is 1. The smallest absolute Gasteiger partial charge is 0.410 e. The normalized spacial score (nSPS) is 18.6. The van der Waals surface area contributed by atoms with E-state index >= 15 is 0 Å². The van der Waals surface area contributed by atoms with Crippen molar-refractivity contribution < 1.29 is 28.9 Å². The third-order valence-corrected chi connectivity index (χ3v) is 4.53. The molecular weight excluding hydrogens is 362 g/mol. The van der Waals surface area contributed by atoms with Crippen molar-refractivity contribution in [3.8, 4) is 5.75 Å². The second kappa shape index (κ2) is 9.23. The van der Waals surface area contributed by atoms with Crippen LogP contribution in [0.5, 0.6) is 5.75 Å². The third-order valence-electron chi connectivity index (χ3n) is 4.53. The van der Waals surface area contributed by atoms with Crippen LogP contribution in [0.25, 0.3) is 0 Å². The maximum Gasteiger partial charge on any atom is 0.410 e. The minimum Gasteiger partial charge on any atom is -0.497 e. The van der Waals surface area contributed by atoms with Gasteiger partial charge in [-0.25, -0.2) is 9.59 Å². The molecule has 0 bridgehead atoms.